The largest absolute Gasteiger partial charge is 0.299 e. The zero-order chi connectivity index (χ0) is 5.82. The van der Waals surface area contributed by atoms with Gasteiger partial charge in [0.05, 0.1) is 6.61 Å². The van der Waals surface area contributed by atoms with Crippen molar-refractivity contribution < 1.29 is 4.84 Å². The Morgan fingerprint density at radius 3 is 3.00 bits per heavy atom. The molecule has 0 atom stereocenters. The van der Waals surface area contributed by atoms with Crippen LogP contribution in [0.15, 0.2) is 0 Å². The highest BCUT2D eigenvalue weighted by Gasteiger charge is 2.09. The monoisotopic (exact) mass is 114 g/mol. The molecular weight excluding hydrogens is 102 g/mol. The quantitative estimate of drug-likeness (QED) is 0.527. The van der Waals surface area contributed by atoms with Crippen LogP contribution in [0.4, 0.5) is 0 Å². The van der Waals surface area contributed by atoms with Gasteiger partial charge in [-0.2, -0.15) is 5.06 Å². The molecule has 0 amide bonds. The van der Waals surface area contributed by atoms with Gasteiger partial charge in [0.1, 0.15) is 0 Å². The van der Waals surface area contributed by atoms with Gasteiger partial charge in [0, 0.05) is 13.1 Å². The topological polar surface area (TPSA) is 12.5 Å². The molecule has 1 aliphatic rings. The lowest BCUT2D eigenvalue weighted by atomic mass is 10.4. The van der Waals surface area contributed by atoms with E-state index in [1.807, 2.05) is 5.06 Å². The van der Waals surface area contributed by atoms with Crippen LogP contribution in [0.5, 0.6) is 0 Å². The van der Waals surface area contributed by atoms with Gasteiger partial charge in [0.25, 0.3) is 0 Å². The maximum absolute atomic E-state index is 5.19. The minimum Gasteiger partial charge on any atom is -0.299 e. The lowest BCUT2D eigenvalue weighted by Crippen LogP contribution is -2.18. The van der Waals surface area contributed by atoms with E-state index in [4.69, 9.17) is 4.84 Å². The fourth-order valence-corrected chi connectivity index (χ4v) is 0.852. The molecule has 47 valence electrons. The molecule has 0 aromatic rings. The first-order chi connectivity index (χ1) is 3.93. The maximum atomic E-state index is 5.19. The Kier molecular flexibility index (Phi) is 2.30. The molecule has 2 nitrogen and oxygen atoms in total. The fourth-order valence-electron chi connectivity index (χ4n) is 0.852. The van der Waals surface area contributed by atoms with Crippen molar-refractivity contribution in [2.45, 2.75) is 12.8 Å². The summed E-state index contributed by atoms with van der Waals surface area (Å²) in [4.78, 5) is 5.19. The number of nitrogens with zero attached hydrogens (tertiary/aromatic N) is 1. The Hall–Kier alpha value is -0.0800. The normalized spacial score (nSPS) is 22.1. The molecule has 0 unspecified atom stereocenters. The van der Waals surface area contributed by atoms with Crippen LogP contribution in [0.3, 0.4) is 0 Å². The molecule has 1 aliphatic heterocycles. The predicted octanol–water partition coefficient (Wildman–Crippen LogP) is 0.848. The highest BCUT2D eigenvalue weighted by molar-refractivity contribution is 4.53. The maximum Gasteiger partial charge on any atom is 0.0698 e. The van der Waals surface area contributed by atoms with E-state index in [1.165, 1.54) is 6.42 Å². The van der Waals surface area contributed by atoms with Crippen LogP contribution in [0.2, 0.25) is 0 Å². The molecule has 1 heterocycles. The van der Waals surface area contributed by atoms with Gasteiger partial charge in [-0.05, 0) is 12.8 Å². The molecule has 0 bridgehead atoms. The van der Waals surface area contributed by atoms with Gasteiger partial charge in [-0.1, -0.05) is 6.92 Å². The molecule has 0 aliphatic carbocycles. The second-order valence-corrected chi connectivity index (χ2v) is 1.97. The highest BCUT2D eigenvalue weighted by Crippen LogP contribution is 2.03. The van der Waals surface area contributed by atoms with Crippen LogP contribution < -0.4 is 0 Å². The molecule has 0 N–H and O–H groups in total. The third kappa shape index (κ3) is 1.46. The minimum atomic E-state index is 0.903. The summed E-state index contributed by atoms with van der Waals surface area (Å²) in [7, 11) is 0. The molecule has 0 aromatic carbocycles. The van der Waals surface area contributed by atoms with Crippen molar-refractivity contribution in [1.82, 2.24) is 5.06 Å². The lowest BCUT2D eigenvalue weighted by Gasteiger charge is -2.10. The zero-order valence-corrected chi connectivity index (χ0v) is 5.10. The van der Waals surface area contributed by atoms with Crippen molar-refractivity contribution in [3.63, 3.8) is 0 Å². The van der Waals surface area contributed by atoms with Gasteiger partial charge >= 0.3 is 0 Å². The van der Waals surface area contributed by atoms with Crippen molar-refractivity contribution in [2.75, 3.05) is 19.7 Å². The molecule has 1 fully saturated rings. The van der Waals surface area contributed by atoms with Gasteiger partial charge in [0.15, 0.2) is 0 Å². The molecule has 0 aromatic heterocycles. The van der Waals surface area contributed by atoms with E-state index < -0.39 is 0 Å². The Bertz CT molecular complexity index is 59.5. The third-order valence-electron chi connectivity index (χ3n) is 1.23. The SMILES string of the molecule is [CH2]CCN1CCCO1. The van der Waals surface area contributed by atoms with Crippen molar-refractivity contribution in [2.24, 2.45) is 0 Å². The van der Waals surface area contributed by atoms with Crippen molar-refractivity contribution in [3.05, 3.63) is 6.92 Å². The summed E-state index contributed by atoms with van der Waals surface area (Å²) >= 11 is 0. The standard InChI is InChI=1S/C6H12NO/c1-2-4-7-5-3-6-8-7/h1-6H2. The van der Waals surface area contributed by atoms with E-state index in [0.29, 0.717) is 0 Å². The molecule has 1 radical (unpaired) electrons. The summed E-state index contributed by atoms with van der Waals surface area (Å²) in [5, 5.41) is 1.98. The van der Waals surface area contributed by atoms with Crippen molar-refractivity contribution in [3.8, 4) is 0 Å². The molecule has 1 saturated heterocycles. The smallest absolute Gasteiger partial charge is 0.0698 e. The van der Waals surface area contributed by atoms with Gasteiger partial charge in [0.2, 0.25) is 0 Å². The minimum absolute atomic E-state index is 0.903. The summed E-state index contributed by atoms with van der Waals surface area (Å²) in [5.41, 5.74) is 0. The van der Waals surface area contributed by atoms with E-state index in [9.17, 15) is 0 Å². The van der Waals surface area contributed by atoms with E-state index in [2.05, 4.69) is 6.92 Å². The summed E-state index contributed by atoms with van der Waals surface area (Å²) in [6.07, 6.45) is 2.12. The first-order valence-electron chi connectivity index (χ1n) is 3.10. The average Bonchev–Trinajstić information content (AvgIpc) is 2.19. The van der Waals surface area contributed by atoms with Crippen LogP contribution >= 0.6 is 0 Å². The average molecular weight is 114 g/mol. The summed E-state index contributed by atoms with van der Waals surface area (Å²) in [6, 6.07) is 0. The van der Waals surface area contributed by atoms with Gasteiger partial charge in [-0.3, -0.25) is 4.84 Å². The Labute approximate surface area is 50.4 Å². The zero-order valence-electron chi connectivity index (χ0n) is 5.10. The Morgan fingerprint density at radius 1 is 1.62 bits per heavy atom. The van der Waals surface area contributed by atoms with Crippen LogP contribution in [0.1, 0.15) is 12.8 Å². The molecule has 0 spiro atoms. The van der Waals surface area contributed by atoms with Gasteiger partial charge in [-0.25, -0.2) is 0 Å². The van der Waals surface area contributed by atoms with Gasteiger partial charge in [-0.15, -0.1) is 0 Å². The molecule has 1 rings (SSSR count). The number of hydrogen-bond donors (Lipinski definition) is 0. The van der Waals surface area contributed by atoms with E-state index in [1.54, 1.807) is 0 Å². The van der Waals surface area contributed by atoms with Crippen LogP contribution in [0, 0.1) is 6.92 Å². The number of rotatable bonds is 2. The summed E-state index contributed by atoms with van der Waals surface area (Å²) < 4.78 is 0. The molecular formula is C6H12NO. The van der Waals surface area contributed by atoms with E-state index >= 15 is 0 Å². The first-order valence-corrected chi connectivity index (χ1v) is 3.10. The van der Waals surface area contributed by atoms with Gasteiger partial charge < -0.3 is 0 Å². The Morgan fingerprint density at radius 2 is 2.50 bits per heavy atom. The summed E-state index contributed by atoms with van der Waals surface area (Å²) in [6.45, 7) is 6.71. The van der Waals surface area contributed by atoms with Crippen molar-refractivity contribution >= 4 is 0 Å². The second kappa shape index (κ2) is 3.05. The highest BCUT2D eigenvalue weighted by atomic mass is 16.7. The fraction of sp³-hybridized carbons (Fsp3) is 0.833. The number of hydroxylamine groups is 2. The molecule has 0 saturated carbocycles. The number of hydrogen-bond acceptors (Lipinski definition) is 2. The third-order valence-corrected chi connectivity index (χ3v) is 1.23. The first kappa shape index (κ1) is 6.05. The molecule has 8 heavy (non-hydrogen) atoms. The second-order valence-electron chi connectivity index (χ2n) is 1.97. The lowest BCUT2D eigenvalue weighted by molar-refractivity contribution is -0.108. The van der Waals surface area contributed by atoms with E-state index in [0.717, 1.165) is 26.1 Å². The van der Waals surface area contributed by atoms with Crippen LogP contribution in [0.25, 0.3) is 0 Å². The Balaban J connectivity index is 2.06. The van der Waals surface area contributed by atoms with Crippen LogP contribution in [-0.2, 0) is 4.84 Å². The van der Waals surface area contributed by atoms with E-state index in [-0.39, 0.29) is 0 Å². The summed E-state index contributed by atoms with van der Waals surface area (Å²) in [5.74, 6) is 0. The molecule has 2 heteroatoms. The van der Waals surface area contributed by atoms with Crippen LogP contribution in [-0.4, -0.2) is 24.8 Å². The predicted molar refractivity (Wildman–Crippen MR) is 32.1 cm³/mol. The van der Waals surface area contributed by atoms with Crippen molar-refractivity contribution in [1.29, 1.82) is 0 Å².